The molecular weight excluding hydrogens is 424 g/mol. The fraction of sp³-hybridized carbons (Fsp3) is 0.320. The highest BCUT2D eigenvalue weighted by Gasteiger charge is 2.23. The monoisotopic (exact) mass is 454 g/mol. The van der Waals surface area contributed by atoms with Crippen LogP contribution in [0, 0.1) is 0 Å². The van der Waals surface area contributed by atoms with E-state index in [4.69, 9.17) is 4.74 Å². The Morgan fingerprint density at radius 1 is 0.969 bits per heavy atom. The summed E-state index contributed by atoms with van der Waals surface area (Å²) in [7, 11) is -0.314. The zero-order valence-corrected chi connectivity index (χ0v) is 19.9. The second-order valence-electron chi connectivity index (χ2n) is 8.17. The molecule has 0 heterocycles. The molecule has 0 unspecified atom stereocenters. The lowest BCUT2D eigenvalue weighted by Gasteiger charge is -2.21. The van der Waals surface area contributed by atoms with Crippen molar-refractivity contribution in [2.45, 2.75) is 44.2 Å². The van der Waals surface area contributed by atoms with Crippen LogP contribution in [0.25, 0.3) is 10.8 Å². The van der Waals surface area contributed by atoms with Gasteiger partial charge in [-0.15, -0.1) is 0 Å². The third-order valence-corrected chi connectivity index (χ3v) is 7.81. The van der Waals surface area contributed by atoms with E-state index in [2.05, 4.69) is 5.32 Å². The van der Waals surface area contributed by atoms with Gasteiger partial charge in [-0.25, -0.2) is 8.42 Å². The Bertz CT molecular complexity index is 1200. The Labute approximate surface area is 190 Å². The zero-order valence-electron chi connectivity index (χ0n) is 19.1. The molecule has 0 radical (unpaired) electrons. The molecule has 170 valence electrons. The molecule has 0 bridgehead atoms. The number of fused-ring (bicyclic) bond motifs is 1. The van der Waals surface area contributed by atoms with E-state index in [0.29, 0.717) is 6.54 Å². The van der Waals surface area contributed by atoms with E-state index in [0.717, 1.165) is 27.6 Å². The summed E-state index contributed by atoms with van der Waals surface area (Å²) in [5.74, 6) is 0.389. The maximum absolute atomic E-state index is 12.7. The van der Waals surface area contributed by atoms with Gasteiger partial charge in [0.05, 0.1) is 17.9 Å². The molecule has 3 rings (SSSR count). The molecule has 7 heteroatoms. The summed E-state index contributed by atoms with van der Waals surface area (Å²) in [5, 5.41) is 5.05. The van der Waals surface area contributed by atoms with Gasteiger partial charge in [0.2, 0.25) is 15.9 Å². The van der Waals surface area contributed by atoms with Crippen molar-refractivity contribution in [1.82, 2.24) is 9.62 Å². The normalized spacial score (nSPS) is 12.8. The van der Waals surface area contributed by atoms with E-state index >= 15 is 0 Å². The molecule has 0 fully saturated rings. The highest BCUT2D eigenvalue weighted by atomic mass is 32.2. The van der Waals surface area contributed by atoms with Crippen LogP contribution in [0.15, 0.2) is 65.6 Å². The van der Waals surface area contributed by atoms with Crippen molar-refractivity contribution in [2.24, 2.45) is 0 Å². The summed E-state index contributed by atoms with van der Waals surface area (Å²) in [4.78, 5) is 13.0. The van der Waals surface area contributed by atoms with Gasteiger partial charge in [-0.1, -0.05) is 36.4 Å². The summed E-state index contributed by atoms with van der Waals surface area (Å²) < 4.78 is 31.7. The highest BCUT2D eigenvalue weighted by Crippen LogP contribution is 2.25. The predicted molar refractivity (Wildman–Crippen MR) is 127 cm³/mol. The van der Waals surface area contributed by atoms with E-state index in [1.807, 2.05) is 57.2 Å². The van der Waals surface area contributed by atoms with Gasteiger partial charge < -0.3 is 10.1 Å². The molecule has 1 amide bonds. The molecule has 6 nitrogen and oxygen atoms in total. The van der Waals surface area contributed by atoms with E-state index in [9.17, 15) is 13.2 Å². The Morgan fingerprint density at radius 3 is 2.22 bits per heavy atom. The average molecular weight is 455 g/mol. The minimum Gasteiger partial charge on any atom is -0.497 e. The number of methoxy groups -OCH3 is 1. The van der Waals surface area contributed by atoms with Crippen molar-refractivity contribution in [3.8, 4) is 5.75 Å². The molecule has 0 aliphatic carbocycles. The van der Waals surface area contributed by atoms with Crippen LogP contribution >= 0.6 is 0 Å². The van der Waals surface area contributed by atoms with E-state index < -0.39 is 10.0 Å². The molecule has 0 saturated heterocycles. The lowest BCUT2D eigenvalue weighted by atomic mass is 9.97. The van der Waals surface area contributed by atoms with Gasteiger partial charge in [-0.2, -0.15) is 4.31 Å². The van der Waals surface area contributed by atoms with Gasteiger partial charge in [0.25, 0.3) is 0 Å². The first-order valence-corrected chi connectivity index (χ1v) is 12.0. The third kappa shape index (κ3) is 5.11. The van der Waals surface area contributed by atoms with Crippen LogP contribution in [0.1, 0.15) is 37.8 Å². The van der Waals surface area contributed by atoms with Crippen LogP contribution in [-0.2, 0) is 21.4 Å². The number of benzene rings is 3. The number of sulfonamides is 1. The number of amides is 1. The minimum atomic E-state index is -3.52. The topological polar surface area (TPSA) is 75.7 Å². The molecular formula is C25H30N2O4S. The van der Waals surface area contributed by atoms with Gasteiger partial charge in [-0.3, -0.25) is 4.79 Å². The lowest BCUT2D eigenvalue weighted by molar-refractivity contribution is -0.122. The summed E-state index contributed by atoms with van der Waals surface area (Å²) in [6, 6.07) is 18.3. The number of carbonyl (C=O) groups excluding carboxylic acids is 1. The third-order valence-electron chi connectivity index (χ3n) is 5.76. The van der Waals surface area contributed by atoms with Gasteiger partial charge in [0.1, 0.15) is 5.75 Å². The fourth-order valence-corrected chi connectivity index (χ4v) is 4.72. The van der Waals surface area contributed by atoms with Crippen molar-refractivity contribution >= 4 is 26.7 Å². The molecule has 0 aromatic heterocycles. The van der Waals surface area contributed by atoms with Crippen molar-refractivity contribution < 1.29 is 17.9 Å². The summed E-state index contributed by atoms with van der Waals surface area (Å²) in [6.07, 6.45) is 0. The van der Waals surface area contributed by atoms with Crippen LogP contribution < -0.4 is 10.1 Å². The van der Waals surface area contributed by atoms with Crippen molar-refractivity contribution in [3.05, 3.63) is 71.8 Å². The largest absolute Gasteiger partial charge is 0.497 e. The predicted octanol–water partition coefficient (Wildman–Crippen LogP) is 4.30. The molecule has 3 aromatic carbocycles. The fourth-order valence-electron chi connectivity index (χ4n) is 3.36. The standard InChI is InChI=1S/C25H30N2O4S/c1-17(2)27(4)32(29,30)24-12-6-19(7-13-24)16-26-25(28)18(3)20-8-9-22-15-23(31-5)11-10-21(22)14-20/h6-15,17-18H,16H2,1-5H3,(H,26,28)/t18-/m0/s1. The number of hydrogen-bond donors (Lipinski definition) is 1. The summed E-state index contributed by atoms with van der Waals surface area (Å²) in [6.45, 7) is 5.86. The van der Waals surface area contributed by atoms with Crippen molar-refractivity contribution in [1.29, 1.82) is 0 Å². The molecule has 32 heavy (non-hydrogen) atoms. The van der Waals surface area contributed by atoms with Gasteiger partial charge in [0.15, 0.2) is 0 Å². The first-order chi connectivity index (χ1) is 15.1. The average Bonchev–Trinajstić information content (AvgIpc) is 2.80. The number of nitrogens with zero attached hydrogens (tertiary/aromatic N) is 1. The first-order valence-electron chi connectivity index (χ1n) is 10.6. The van der Waals surface area contributed by atoms with Crippen LogP contribution in [0.3, 0.4) is 0 Å². The summed E-state index contributed by atoms with van der Waals surface area (Å²) >= 11 is 0. The Kier molecular flexibility index (Phi) is 7.21. The van der Waals surface area contributed by atoms with Crippen molar-refractivity contribution in [3.63, 3.8) is 0 Å². The lowest BCUT2D eigenvalue weighted by Crippen LogP contribution is -2.33. The number of hydrogen-bond acceptors (Lipinski definition) is 4. The van der Waals surface area contributed by atoms with E-state index in [1.54, 1.807) is 38.4 Å². The second kappa shape index (κ2) is 9.71. The summed E-state index contributed by atoms with van der Waals surface area (Å²) in [5.41, 5.74) is 1.76. The second-order valence-corrected chi connectivity index (χ2v) is 10.2. The highest BCUT2D eigenvalue weighted by molar-refractivity contribution is 7.89. The molecule has 0 saturated carbocycles. The maximum Gasteiger partial charge on any atom is 0.243 e. The molecule has 0 aliphatic heterocycles. The molecule has 1 atom stereocenters. The Morgan fingerprint density at radius 2 is 1.59 bits per heavy atom. The number of rotatable bonds is 8. The SMILES string of the molecule is COc1ccc2cc([C@H](C)C(=O)NCc3ccc(S(=O)(=O)N(C)C(C)C)cc3)ccc2c1. The van der Waals surface area contributed by atoms with Crippen LogP contribution in [0.5, 0.6) is 5.75 Å². The van der Waals surface area contributed by atoms with Crippen LogP contribution in [-0.4, -0.2) is 38.8 Å². The smallest absolute Gasteiger partial charge is 0.243 e. The molecule has 0 spiro atoms. The van der Waals surface area contributed by atoms with Crippen molar-refractivity contribution in [2.75, 3.05) is 14.2 Å². The Balaban J connectivity index is 1.65. The quantitative estimate of drug-likeness (QED) is 0.551. The first kappa shape index (κ1) is 23.8. The number of carbonyl (C=O) groups is 1. The van der Waals surface area contributed by atoms with Gasteiger partial charge >= 0.3 is 0 Å². The molecule has 1 N–H and O–H groups in total. The van der Waals surface area contributed by atoms with E-state index in [-0.39, 0.29) is 22.8 Å². The van der Waals surface area contributed by atoms with Crippen LogP contribution in [0.2, 0.25) is 0 Å². The molecule has 0 aliphatic rings. The Hall–Kier alpha value is -2.90. The van der Waals surface area contributed by atoms with Gasteiger partial charge in [0, 0.05) is 19.6 Å². The van der Waals surface area contributed by atoms with Crippen LogP contribution in [0.4, 0.5) is 0 Å². The zero-order chi connectivity index (χ0) is 23.5. The maximum atomic E-state index is 12.7. The number of nitrogens with one attached hydrogen (secondary N) is 1. The number of ether oxygens (including phenoxy) is 1. The van der Waals surface area contributed by atoms with E-state index in [1.165, 1.54) is 4.31 Å². The molecule has 3 aromatic rings. The van der Waals surface area contributed by atoms with Gasteiger partial charge in [-0.05, 0) is 66.9 Å². The minimum absolute atomic E-state index is 0.0888.